The van der Waals surface area contributed by atoms with Crippen LogP contribution in [0.25, 0.3) is 0 Å². The second-order valence-electron chi connectivity index (χ2n) is 6.77. The summed E-state index contributed by atoms with van der Waals surface area (Å²) in [5, 5.41) is 36.4. The monoisotopic (exact) mass is 404 g/mol. The van der Waals surface area contributed by atoms with E-state index in [9.17, 15) is 24.3 Å². The average Bonchev–Trinajstić information content (AvgIpc) is 2.56. The zero-order valence-electron chi connectivity index (χ0n) is 16.4. The van der Waals surface area contributed by atoms with E-state index in [1.54, 1.807) is 0 Å². The van der Waals surface area contributed by atoms with Gasteiger partial charge < -0.3 is 20.4 Å². The van der Waals surface area contributed by atoms with Gasteiger partial charge in [0, 0.05) is 13.1 Å². The molecule has 10 heteroatoms. The van der Waals surface area contributed by atoms with Crippen molar-refractivity contribution in [3.63, 3.8) is 0 Å². The molecule has 0 fully saturated rings. The number of unbranched alkanes of at least 4 members (excludes halogenated alkanes) is 5. The second kappa shape index (κ2) is 14.8. The first-order valence-electron chi connectivity index (χ1n) is 9.51. The van der Waals surface area contributed by atoms with E-state index in [-0.39, 0.29) is 19.5 Å². The Hall–Kier alpha value is -2.20. The van der Waals surface area contributed by atoms with Gasteiger partial charge in [-0.15, -0.1) is 0 Å². The summed E-state index contributed by atoms with van der Waals surface area (Å²) in [4.78, 5) is 46.9. The van der Waals surface area contributed by atoms with Crippen LogP contribution >= 0.6 is 0 Å². The van der Waals surface area contributed by atoms with Gasteiger partial charge in [-0.3, -0.25) is 29.0 Å². The van der Waals surface area contributed by atoms with Crippen LogP contribution in [0.1, 0.15) is 51.9 Å². The van der Waals surface area contributed by atoms with Crippen LogP contribution < -0.4 is 0 Å². The molecule has 0 aliphatic heterocycles. The van der Waals surface area contributed by atoms with Crippen molar-refractivity contribution in [3.8, 4) is 0 Å². The molecule has 4 N–H and O–H groups in total. The highest BCUT2D eigenvalue weighted by Crippen LogP contribution is 2.13. The van der Waals surface area contributed by atoms with Gasteiger partial charge in [-0.1, -0.05) is 45.4 Å². The van der Waals surface area contributed by atoms with Crippen molar-refractivity contribution in [1.82, 2.24) is 9.80 Å². The van der Waals surface area contributed by atoms with Crippen molar-refractivity contribution >= 4 is 23.9 Å². The van der Waals surface area contributed by atoms with Gasteiger partial charge in [0.05, 0.1) is 19.6 Å². The molecule has 1 atom stereocenters. The van der Waals surface area contributed by atoms with E-state index in [2.05, 4.69) is 6.92 Å². The van der Waals surface area contributed by atoms with Crippen LogP contribution in [0.4, 0.5) is 0 Å². The fourth-order valence-electron chi connectivity index (χ4n) is 2.97. The highest BCUT2D eigenvalue weighted by Gasteiger charge is 2.27. The summed E-state index contributed by atoms with van der Waals surface area (Å²) in [5.41, 5.74) is 0. The van der Waals surface area contributed by atoms with Crippen molar-refractivity contribution in [2.75, 3.05) is 32.7 Å². The molecule has 162 valence electrons. The smallest absolute Gasteiger partial charge is 0.320 e. The minimum atomic E-state index is -1.21. The molecule has 0 bridgehead atoms. The number of nitrogens with zero attached hydrogens (tertiary/aromatic N) is 2. The van der Waals surface area contributed by atoms with E-state index in [4.69, 9.17) is 15.3 Å². The van der Waals surface area contributed by atoms with Crippen LogP contribution in [0.2, 0.25) is 0 Å². The van der Waals surface area contributed by atoms with Crippen molar-refractivity contribution in [2.24, 2.45) is 0 Å². The van der Waals surface area contributed by atoms with Crippen LogP contribution in [-0.2, 0) is 19.2 Å². The summed E-state index contributed by atoms with van der Waals surface area (Å²) in [6.45, 7) is 0.416. The van der Waals surface area contributed by atoms with E-state index < -0.39 is 49.6 Å². The lowest BCUT2D eigenvalue weighted by Crippen LogP contribution is -2.48. The Morgan fingerprint density at radius 2 is 1.21 bits per heavy atom. The minimum Gasteiger partial charge on any atom is -0.480 e. The summed E-state index contributed by atoms with van der Waals surface area (Å²) in [7, 11) is 0. The predicted molar refractivity (Wildman–Crippen MR) is 100 cm³/mol. The van der Waals surface area contributed by atoms with E-state index >= 15 is 0 Å². The van der Waals surface area contributed by atoms with Crippen molar-refractivity contribution < 1.29 is 39.6 Å². The number of aliphatic carboxylic acids is 4. The maximum atomic E-state index is 11.7. The molecular weight excluding hydrogens is 372 g/mol. The largest absolute Gasteiger partial charge is 0.480 e. The fourth-order valence-corrected chi connectivity index (χ4v) is 2.97. The number of carboxylic acid groups (broad SMARTS) is 4. The molecule has 0 aliphatic carbocycles. The van der Waals surface area contributed by atoms with Gasteiger partial charge in [-0.2, -0.15) is 0 Å². The lowest BCUT2D eigenvalue weighted by atomic mass is 10.0. The summed E-state index contributed by atoms with van der Waals surface area (Å²) in [5.74, 6) is -4.77. The van der Waals surface area contributed by atoms with Gasteiger partial charge >= 0.3 is 23.9 Å². The quantitative estimate of drug-likeness (QED) is 0.243. The first kappa shape index (κ1) is 25.8. The van der Waals surface area contributed by atoms with E-state index in [1.807, 2.05) is 0 Å². The first-order chi connectivity index (χ1) is 13.2. The third kappa shape index (κ3) is 13.0. The summed E-state index contributed by atoms with van der Waals surface area (Å²) < 4.78 is 0. The van der Waals surface area contributed by atoms with Crippen LogP contribution in [0.3, 0.4) is 0 Å². The summed E-state index contributed by atoms with van der Waals surface area (Å²) in [6.07, 6.45) is 6.08. The fraction of sp³-hybridized carbons (Fsp3) is 0.778. The molecule has 0 aromatic rings. The van der Waals surface area contributed by atoms with Crippen LogP contribution in [-0.4, -0.2) is 92.9 Å². The number of carbonyl (C=O) groups is 4. The molecule has 10 nitrogen and oxygen atoms in total. The lowest BCUT2D eigenvalue weighted by Gasteiger charge is -2.29. The Bertz CT molecular complexity index is 496. The second-order valence-corrected chi connectivity index (χ2v) is 6.77. The average molecular weight is 404 g/mol. The molecule has 0 amide bonds. The molecule has 0 rings (SSSR count). The maximum absolute atomic E-state index is 11.7. The van der Waals surface area contributed by atoms with Gasteiger partial charge in [0.2, 0.25) is 0 Å². The topological polar surface area (TPSA) is 156 Å². The minimum absolute atomic E-state index is 0.0559. The Kier molecular flexibility index (Phi) is 13.6. The third-order valence-electron chi connectivity index (χ3n) is 4.32. The molecule has 0 spiro atoms. The zero-order valence-corrected chi connectivity index (χ0v) is 16.4. The molecule has 0 heterocycles. The molecule has 0 saturated carbocycles. The van der Waals surface area contributed by atoms with Gasteiger partial charge in [-0.25, -0.2) is 0 Å². The summed E-state index contributed by atoms with van der Waals surface area (Å²) >= 11 is 0. The SMILES string of the molecule is CCCCCCCCC(C(=O)O)N(CCN(CC(=O)O)CC(=O)O)CC(=O)O. The van der Waals surface area contributed by atoms with Gasteiger partial charge in [-0.05, 0) is 6.42 Å². The molecule has 28 heavy (non-hydrogen) atoms. The third-order valence-corrected chi connectivity index (χ3v) is 4.32. The Balaban J connectivity index is 4.89. The molecule has 0 radical (unpaired) electrons. The van der Waals surface area contributed by atoms with Crippen LogP contribution in [0.15, 0.2) is 0 Å². The highest BCUT2D eigenvalue weighted by molar-refractivity contribution is 5.75. The molecule has 0 aromatic carbocycles. The Labute approximate surface area is 164 Å². The Morgan fingerprint density at radius 3 is 1.68 bits per heavy atom. The van der Waals surface area contributed by atoms with Gasteiger partial charge in [0.1, 0.15) is 6.04 Å². The highest BCUT2D eigenvalue weighted by atomic mass is 16.4. The standard InChI is InChI=1S/C18H32N2O8/c1-2-3-4-5-6-7-8-14(18(27)28)20(13-17(25)26)10-9-19(11-15(21)22)12-16(23)24/h14H,2-13H2,1H3,(H,21,22)(H,23,24)(H,25,26)(H,27,28). The Morgan fingerprint density at radius 1 is 0.714 bits per heavy atom. The molecule has 0 aromatic heterocycles. The molecular formula is C18H32N2O8. The maximum Gasteiger partial charge on any atom is 0.320 e. The number of rotatable bonds is 18. The van der Waals surface area contributed by atoms with E-state index in [0.29, 0.717) is 6.42 Å². The molecule has 0 saturated heterocycles. The number of hydrogen-bond donors (Lipinski definition) is 4. The van der Waals surface area contributed by atoms with E-state index in [0.717, 1.165) is 37.0 Å². The van der Waals surface area contributed by atoms with Crippen LogP contribution in [0, 0.1) is 0 Å². The lowest BCUT2D eigenvalue weighted by molar-refractivity contribution is -0.148. The predicted octanol–water partition coefficient (Wildman–Crippen LogP) is 1.05. The summed E-state index contributed by atoms with van der Waals surface area (Å²) in [6, 6.07) is -1.02. The zero-order chi connectivity index (χ0) is 21.5. The molecule has 1 unspecified atom stereocenters. The van der Waals surface area contributed by atoms with E-state index in [1.165, 1.54) is 4.90 Å². The van der Waals surface area contributed by atoms with Crippen LogP contribution in [0.5, 0.6) is 0 Å². The van der Waals surface area contributed by atoms with Crippen molar-refractivity contribution in [3.05, 3.63) is 0 Å². The first-order valence-corrected chi connectivity index (χ1v) is 9.51. The van der Waals surface area contributed by atoms with Crippen molar-refractivity contribution in [1.29, 1.82) is 0 Å². The van der Waals surface area contributed by atoms with Gasteiger partial charge in [0.25, 0.3) is 0 Å². The number of hydrogen-bond acceptors (Lipinski definition) is 6. The van der Waals surface area contributed by atoms with Crippen molar-refractivity contribution in [2.45, 2.75) is 57.9 Å². The molecule has 0 aliphatic rings. The number of carboxylic acids is 4. The van der Waals surface area contributed by atoms with Gasteiger partial charge in [0.15, 0.2) is 0 Å². The normalized spacial score (nSPS) is 12.2.